The highest BCUT2D eigenvalue weighted by Crippen LogP contribution is 2.22. The quantitative estimate of drug-likeness (QED) is 0.610. The summed E-state index contributed by atoms with van der Waals surface area (Å²) in [5, 5.41) is 7.72. The predicted octanol–water partition coefficient (Wildman–Crippen LogP) is 3.49. The number of thiazole rings is 1. The molecule has 0 amide bonds. The monoisotopic (exact) mass is 386 g/mol. The van der Waals surface area contributed by atoms with Gasteiger partial charge in [-0.05, 0) is 48.3 Å². The first-order valence-electron chi connectivity index (χ1n) is 6.70. The lowest BCUT2D eigenvalue weighted by atomic mass is 10.3. The summed E-state index contributed by atoms with van der Waals surface area (Å²) >= 11 is 6.98. The number of aryl methyl sites for hydroxylation is 2. The molecule has 2 aromatic heterocycles. The van der Waals surface area contributed by atoms with Crippen LogP contribution in [0.2, 0.25) is 0 Å². The van der Waals surface area contributed by atoms with E-state index >= 15 is 0 Å². The van der Waals surface area contributed by atoms with Gasteiger partial charge in [-0.25, -0.2) is 4.98 Å². The van der Waals surface area contributed by atoms with Crippen molar-refractivity contribution in [3.63, 3.8) is 0 Å². The van der Waals surface area contributed by atoms with Crippen LogP contribution in [0.3, 0.4) is 0 Å². The largest absolute Gasteiger partial charge is 0.356 e. The molecule has 21 heavy (non-hydrogen) atoms. The second-order valence-corrected chi connectivity index (χ2v) is 8.39. The zero-order valence-corrected chi connectivity index (χ0v) is 15.6. The minimum absolute atomic E-state index is 0.712. The van der Waals surface area contributed by atoms with Gasteiger partial charge in [0.1, 0.15) is 5.01 Å². The van der Waals surface area contributed by atoms with Crippen molar-refractivity contribution in [3.8, 4) is 0 Å². The third-order valence-corrected chi connectivity index (χ3v) is 5.75. The van der Waals surface area contributed by atoms with E-state index in [1.807, 2.05) is 6.92 Å². The second kappa shape index (κ2) is 7.91. The standard InChI is InChI=1S/C14H19BrN4S2/c1-9-10(2)20-13(19-9)8-18-14(16-3)17-7-6-11-4-5-12(15)21-11/h4-5H,6-8H2,1-3H3,(H2,16,17,18). The number of thiophene rings is 1. The van der Waals surface area contributed by atoms with Gasteiger partial charge in [0.05, 0.1) is 16.0 Å². The van der Waals surface area contributed by atoms with Crippen molar-refractivity contribution in [2.24, 2.45) is 4.99 Å². The summed E-state index contributed by atoms with van der Waals surface area (Å²) in [6, 6.07) is 4.23. The fraction of sp³-hybridized carbons (Fsp3) is 0.429. The topological polar surface area (TPSA) is 49.3 Å². The number of guanidine groups is 1. The van der Waals surface area contributed by atoms with Crippen LogP contribution in [0, 0.1) is 13.8 Å². The van der Waals surface area contributed by atoms with Gasteiger partial charge < -0.3 is 10.6 Å². The minimum Gasteiger partial charge on any atom is -0.356 e. The van der Waals surface area contributed by atoms with Crippen LogP contribution in [0.5, 0.6) is 0 Å². The Hall–Kier alpha value is -0.920. The zero-order valence-electron chi connectivity index (χ0n) is 12.4. The predicted molar refractivity (Wildman–Crippen MR) is 95.5 cm³/mol. The number of halogens is 1. The van der Waals surface area contributed by atoms with Crippen LogP contribution in [0.15, 0.2) is 20.9 Å². The lowest BCUT2D eigenvalue weighted by Crippen LogP contribution is -2.37. The van der Waals surface area contributed by atoms with Gasteiger partial charge in [-0.15, -0.1) is 22.7 Å². The molecular weight excluding hydrogens is 368 g/mol. The van der Waals surface area contributed by atoms with Crippen LogP contribution in [0.4, 0.5) is 0 Å². The maximum Gasteiger partial charge on any atom is 0.191 e. The Balaban J connectivity index is 1.75. The molecule has 2 rings (SSSR count). The summed E-state index contributed by atoms with van der Waals surface area (Å²) < 4.78 is 1.18. The van der Waals surface area contributed by atoms with E-state index in [9.17, 15) is 0 Å². The van der Waals surface area contributed by atoms with Gasteiger partial charge in [0.2, 0.25) is 0 Å². The fourth-order valence-corrected chi connectivity index (χ4v) is 4.14. The minimum atomic E-state index is 0.712. The van der Waals surface area contributed by atoms with Gasteiger partial charge in [-0.3, -0.25) is 4.99 Å². The highest BCUT2D eigenvalue weighted by molar-refractivity contribution is 9.11. The average molecular weight is 387 g/mol. The molecule has 0 aliphatic heterocycles. The second-order valence-electron chi connectivity index (χ2n) is 4.56. The van der Waals surface area contributed by atoms with E-state index in [-0.39, 0.29) is 0 Å². The Kier molecular flexibility index (Phi) is 6.20. The van der Waals surface area contributed by atoms with E-state index in [0.717, 1.165) is 29.6 Å². The summed E-state index contributed by atoms with van der Waals surface area (Å²) in [5.41, 5.74) is 1.11. The van der Waals surface area contributed by atoms with Crippen molar-refractivity contribution in [1.82, 2.24) is 15.6 Å². The molecule has 0 atom stereocenters. The Morgan fingerprint density at radius 2 is 2.10 bits per heavy atom. The molecule has 0 unspecified atom stereocenters. The maximum atomic E-state index is 4.52. The maximum absolute atomic E-state index is 4.52. The third-order valence-electron chi connectivity index (χ3n) is 3.00. The van der Waals surface area contributed by atoms with Crippen LogP contribution in [-0.4, -0.2) is 24.5 Å². The van der Waals surface area contributed by atoms with E-state index in [1.54, 1.807) is 29.7 Å². The Morgan fingerprint density at radius 3 is 2.67 bits per heavy atom. The van der Waals surface area contributed by atoms with Gasteiger partial charge >= 0.3 is 0 Å². The summed E-state index contributed by atoms with van der Waals surface area (Å²) in [6.07, 6.45) is 0.992. The smallest absolute Gasteiger partial charge is 0.191 e. The number of nitrogens with zero attached hydrogens (tertiary/aromatic N) is 2. The SMILES string of the molecule is CN=C(NCCc1ccc(Br)s1)NCc1nc(C)c(C)s1. The van der Waals surface area contributed by atoms with Crippen LogP contribution in [0.25, 0.3) is 0 Å². The van der Waals surface area contributed by atoms with Crippen LogP contribution in [0.1, 0.15) is 20.5 Å². The Labute approximate surface area is 141 Å². The van der Waals surface area contributed by atoms with E-state index < -0.39 is 0 Å². The van der Waals surface area contributed by atoms with Gasteiger partial charge in [0.15, 0.2) is 5.96 Å². The molecule has 2 N–H and O–H groups in total. The molecule has 0 bridgehead atoms. The van der Waals surface area contributed by atoms with Crippen molar-refractivity contribution in [2.75, 3.05) is 13.6 Å². The fourth-order valence-electron chi connectivity index (χ4n) is 1.78. The molecule has 0 saturated heterocycles. The first-order valence-corrected chi connectivity index (χ1v) is 9.12. The van der Waals surface area contributed by atoms with Crippen LogP contribution in [-0.2, 0) is 13.0 Å². The number of rotatable bonds is 5. The molecular formula is C14H19BrN4S2. The lowest BCUT2D eigenvalue weighted by Gasteiger charge is -2.10. The number of nitrogens with one attached hydrogen (secondary N) is 2. The Bertz CT molecular complexity index is 599. The van der Waals surface area contributed by atoms with Gasteiger partial charge in [0, 0.05) is 23.3 Å². The third kappa shape index (κ3) is 5.09. The molecule has 7 heteroatoms. The van der Waals surface area contributed by atoms with E-state index in [2.05, 4.69) is 55.6 Å². The van der Waals surface area contributed by atoms with E-state index in [4.69, 9.17) is 0 Å². The molecule has 0 aliphatic rings. The van der Waals surface area contributed by atoms with Crippen molar-refractivity contribution in [2.45, 2.75) is 26.8 Å². The van der Waals surface area contributed by atoms with Crippen LogP contribution >= 0.6 is 38.6 Å². The van der Waals surface area contributed by atoms with Gasteiger partial charge in [0.25, 0.3) is 0 Å². The van der Waals surface area contributed by atoms with E-state index in [0.29, 0.717) is 6.54 Å². The van der Waals surface area contributed by atoms with Crippen molar-refractivity contribution >= 4 is 44.6 Å². The average Bonchev–Trinajstić information content (AvgIpc) is 3.00. The normalized spacial score (nSPS) is 11.7. The summed E-state index contributed by atoms with van der Waals surface area (Å²) in [7, 11) is 1.79. The van der Waals surface area contributed by atoms with E-state index in [1.165, 1.54) is 13.5 Å². The molecule has 0 fully saturated rings. The molecule has 2 aromatic rings. The van der Waals surface area contributed by atoms with Gasteiger partial charge in [-0.1, -0.05) is 0 Å². The molecule has 4 nitrogen and oxygen atoms in total. The summed E-state index contributed by atoms with van der Waals surface area (Å²) in [6.45, 7) is 5.72. The number of hydrogen-bond acceptors (Lipinski definition) is 4. The first-order chi connectivity index (χ1) is 10.1. The van der Waals surface area contributed by atoms with Crippen molar-refractivity contribution in [3.05, 3.63) is 36.4 Å². The summed E-state index contributed by atoms with van der Waals surface area (Å²) in [4.78, 5) is 11.4. The molecule has 0 aromatic carbocycles. The molecule has 0 spiro atoms. The first kappa shape index (κ1) is 16.5. The van der Waals surface area contributed by atoms with Crippen molar-refractivity contribution in [1.29, 1.82) is 0 Å². The molecule has 2 heterocycles. The molecule has 0 aliphatic carbocycles. The number of aromatic nitrogens is 1. The van der Waals surface area contributed by atoms with Crippen LogP contribution < -0.4 is 10.6 Å². The van der Waals surface area contributed by atoms with Crippen molar-refractivity contribution < 1.29 is 0 Å². The molecule has 0 saturated carbocycles. The molecule has 0 radical (unpaired) electrons. The number of hydrogen-bond donors (Lipinski definition) is 2. The molecule has 114 valence electrons. The summed E-state index contributed by atoms with van der Waals surface area (Å²) in [5.74, 6) is 0.816. The lowest BCUT2D eigenvalue weighted by molar-refractivity contribution is 0.795. The highest BCUT2D eigenvalue weighted by Gasteiger charge is 2.05. The number of aliphatic imine (C=N–C) groups is 1. The highest BCUT2D eigenvalue weighted by atomic mass is 79.9. The van der Waals surface area contributed by atoms with Gasteiger partial charge in [-0.2, -0.15) is 0 Å². The zero-order chi connectivity index (χ0) is 15.2. The Morgan fingerprint density at radius 1 is 1.29 bits per heavy atom.